The molecule has 0 saturated carbocycles. The van der Waals surface area contributed by atoms with Gasteiger partial charge in [0.2, 0.25) is 5.13 Å². The Morgan fingerprint density at radius 1 is 1.69 bits per heavy atom. The third kappa shape index (κ3) is 1.86. The third-order valence-electron chi connectivity index (χ3n) is 2.49. The summed E-state index contributed by atoms with van der Waals surface area (Å²) in [5.74, 6) is 0. The van der Waals surface area contributed by atoms with Crippen molar-refractivity contribution in [1.82, 2.24) is 10.2 Å². The topological polar surface area (TPSA) is 29.0 Å². The number of rotatable bonds is 1. The van der Waals surface area contributed by atoms with E-state index in [0.717, 1.165) is 11.7 Å². The molecule has 0 N–H and O–H groups in total. The molecule has 1 fully saturated rings. The van der Waals surface area contributed by atoms with Crippen LogP contribution in [0.5, 0.6) is 0 Å². The Morgan fingerprint density at radius 3 is 3.23 bits per heavy atom. The normalized spacial score (nSPS) is 29.2. The van der Waals surface area contributed by atoms with Crippen LogP contribution in [0.3, 0.4) is 0 Å². The van der Waals surface area contributed by atoms with Crippen LogP contribution in [-0.2, 0) is 0 Å². The average Bonchev–Trinajstić information content (AvgIpc) is 2.62. The second-order valence-electron chi connectivity index (χ2n) is 3.31. The fourth-order valence-electron chi connectivity index (χ4n) is 1.66. The molecule has 0 aromatic carbocycles. The summed E-state index contributed by atoms with van der Waals surface area (Å²) in [5, 5.41) is 9.02. The average molecular weight is 262 g/mol. The van der Waals surface area contributed by atoms with E-state index in [1.165, 1.54) is 12.8 Å². The van der Waals surface area contributed by atoms with Crippen molar-refractivity contribution in [2.75, 3.05) is 11.4 Å². The molecule has 13 heavy (non-hydrogen) atoms. The number of hydrogen-bond acceptors (Lipinski definition) is 4. The van der Waals surface area contributed by atoms with Gasteiger partial charge in [-0.2, -0.15) is 0 Å². The summed E-state index contributed by atoms with van der Waals surface area (Å²) < 4.78 is 0. The summed E-state index contributed by atoms with van der Waals surface area (Å²) in [6.07, 6.45) is 2.50. The van der Waals surface area contributed by atoms with E-state index < -0.39 is 0 Å². The second kappa shape index (κ2) is 3.92. The molecule has 72 valence electrons. The van der Waals surface area contributed by atoms with Crippen LogP contribution in [0.1, 0.15) is 19.8 Å². The minimum atomic E-state index is 0.529. The number of anilines is 1. The molecule has 5 heteroatoms. The fraction of sp³-hybridized carbons (Fsp3) is 0.750. The van der Waals surface area contributed by atoms with E-state index in [4.69, 9.17) is 0 Å². The number of alkyl halides is 1. The maximum Gasteiger partial charge on any atom is 0.208 e. The van der Waals surface area contributed by atoms with Crippen LogP contribution in [0, 0.1) is 0 Å². The number of aromatic nitrogens is 2. The SMILES string of the molecule is CC1C(Br)CCCN1c1nncs1. The monoisotopic (exact) mass is 261 g/mol. The molecule has 1 saturated heterocycles. The Bertz CT molecular complexity index is 264. The largest absolute Gasteiger partial charge is 0.343 e. The van der Waals surface area contributed by atoms with E-state index in [2.05, 4.69) is 38.0 Å². The fourth-order valence-corrected chi connectivity index (χ4v) is 2.94. The Hall–Kier alpha value is -0.160. The Morgan fingerprint density at radius 2 is 2.54 bits per heavy atom. The molecule has 1 aliphatic heterocycles. The van der Waals surface area contributed by atoms with Crippen LogP contribution in [0.15, 0.2) is 5.51 Å². The first-order chi connectivity index (χ1) is 6.29. The molecular weight excluding hydrogens is 250 g/mol. The molecule has 1 aromatic rings. The quantitative estimate of drug-likeness (QED) is 0.727. The molecule has 0 aliphatic carbocycles. The van der Waals surface area contributed by atoms with Crippen LogP contribution in [0.2, 0.25) is 0 Å². The van der Waals surface area contributed by atoms with Gasteiger partial charge in [0.15, 0.2) is 0 Å². The lowest BCUT2D eigenvalue weighted by atomic mass is 10.0. The zero-order valence-corrected chi connectivity index (χ0v) is 9.88. The van der Waals surface area contributed by atoms with Crippen molar-refractivity contribution in [3.05, 3.63) is 5.51 Å². The van der Waals surface area contributed by atoms with Gasteiger partial charge in [0.1, 0.15) is 5.51 Å². The summed E-state index contributed by atoms with van der Waals surface area (Å²) in [7, 11) is 0. The highest BCUT2D eigenvalue weighted by atomic mass is 79.9. The number of piperidine rings is 1. The van der Waals surface area contributed by atoms with Gasteiger partial charge in [-0.1, -0.05) is 27.3 Å². The van der Waals surface area contributed by atoms with Gasteiger partial charge in [0.05, 0.1) is 0 Å². The van der Waals surface area contributed by atoms with Crippen LogP contribution in [0.25, 0.3) is 0 Å². The summed E-state index contributed by atoms with van der Waals surface area (Å²) in [6.45, 7) is 3.35. The van der Waals surface area contributed by atoms with E-state index in [1.807, 2.05) is 0 Å². The molecule has 1 aliphatic rings. The first-order valence-electron chi connectivity index (χ1n) is 4.46. The van der Waals surface area contributed by atoms with Gasteiger partial charge in [-0.25, -0.2) is 0 Å². The smallest absolute Gasteiger partial charge is 0.208 e. The van der Waals surface area contributed by atoms with Crippen molar-refractivity contribution in [3.63, 3.8) is 0 Å². The number of hydrogen-bond donors (Lipinski definition) is 0. The van der Waals surface area contributed by atoms with Gasteiger partial charge in [-0.15, -0.1) is 10.2 Å². The molecule has 0 amide bonds. The van der Waals surface area contributed by atoms with Gasteiger partial charge in [-0.3, -0.25) is 0 Å². The Kier molecular flexibility index (Phi) is 2.83. The van der Waals surface area contributed by atoms with Gasteiger partial charge >= 0.3 is 0 Å². The summed E-state index contributed by atoms with van der Waals surface area (Å²) in [4.78, 5) is 2.92. The van der Waals surface area contributed by atoms with E-state index >= 15 is 0 Å². The lowest BCUT2D eigenvalue weighted by Crippen LogP contribution is -2.44. The molecule has 2 unspecified atom stereocenters. The molecule has 1 aromatic heterocycles. The zero-order valence-electron chi connectivity index (χ0n) is 7.48. The molecule has 2 heterocycles. The standard InChI is InChI=1S/C8H12BrN3S/c1-6-7(9)3-2-4-12(6)8-11-10-5-13-8/h5-7H,2-4H2,1H3. The Labute approximate surface area is 90.3 Å². The first-order valence-corrected chi connectivity index (χ1v) is 6.25. The van der Waals surface area contributed by atoms with Gasteiger partial charge in [-0.05, 0) is 19.8 Å². The molecule has 2 rings (SSSR count). The van der Waals surface area contributed by atoms with Crippen LogP contribution < -0.4 is 4.90 Å². The minimum absolute atomic E-state index is 0.529. The maximum absolute atomic E-state index is 4.10. The minimum Gasteiger partial charge on any atom is -0.343 e. The molecule has 0 radical (unpaired) electrons. The predicted molar refractivity (Wildman–Crippen MR) is 58.7 cm³/mol. The summed E-state index contributed by atoms with van der Waals surface area (Å²) in [6, 6.07) is 0.529. The van der Waals surface area contributed by atoms with Crippen molar-refractivity contribution < 1.29 is 0 Å². The third-order valence-corrected chi connectivity index (χ3v) is 4.44. The van der Waals surface area contributed by atoms with Crippen molar-refractivity contribution in [2.45, 2.75) is 30.6 Å². The number of nitrogens with zero attached hydrogens (tertiary/aromatic N) is 3. The zero-order chi connectivity index (χ0) is 9.26. The van der Waals surface area contributed by atoms with E-state index in [9.17, 15) is 0 Å². The molecule has 0 spiro atoms. The first kappa shape index (κ1) is 9.40. The summed E-state index contributed by atoms with van der Waals surface area (Å²) >= 11 is 5.31. The lowest BCUT2D eigenvalue weighted by molar-refractivity contribution is 0.501. The molecule has 3 nitrogen and oxygen atoms in total. The highest BCUT2D eigenvalue weighted by Crippen LogP contribution is 2.29. The number of halogens is 1. The van der Waals surface area contributed by atoms with Crippen molar-refractivity contribution in [3.8, 4) is 0 Å². The highest BCUT2D eigenvalue weighted by molar-refractivity contribution is 9.09. The van der Waals surface area contributed by atoms with Crippen molar-refractivity contribution in [2.24, 2.45) is 0 Å². The van der Waals surface area contributed by atoms with Crippen molar-refractivity contribution in [1.29, 1.82) is 0 Å². The lowest BCUT2D eigenvalue weighted by Gasteiger charge is -2.36. The van der Waals surface area contributed by atoms with Gasteiger partial charge < -0.3 is 4.90 Å². The van der Waals surface area contributed by atoms with Gasteiger partial charge in [0, 0.05) is 17.4 Å². The van der Waals surface area contributed by atoms with Gasteiger partial charge in [0.25, 0.3) is 0 Å². The predicted octanol–water partition coefficient (Wildman–Crippen LogP) is 2.29. The van der Waals surface area contributed by atoms with Crippen LogP contribution in [0.4, 0.5) is 5.13 Å². The molecular formula is C8H12BrN3S. The Balaban J connectivity index is 2.14. The van der Waals surface area contributed by atoms with Crippen molar-refractivity contribution >= 4 is 32.4 Å². The summed E-state index contributed by atoms with van der Waals surface area (Å²) in [5.41, 5.74) is 1.79. The maximum atomic E-state index is 4.10. The second-order valence-corrected chi connectivity index (χ2v) is 5.30. The highest BCUT2D eigenvalue weighted by Gasteiger charge is 2.27. The molecule has 2 atom stereocenters. The van der Waals surface area contributed by atoms with E-state index in [0.29, 0.717) is 10.9 Å². The van der Waals surface area contributed by atoms with Crippen LogP contribution >= 0.6 is 27.3 Å². The molecule has 0 bridgehead atoms. The van der Waals surface area contributed by atoms with E-state index in [1.54, 1.807) is 16.8 Å². The van der Waals surface area contributed by atoms with E-state index in [-0.39, 0.29) is 0 Å². The van der Waals surface area contributed by atoms with Crippen LogP contribution in [-0.4, -0.2) is 27.6 Å².